The van der Waals surface area contributed by atoms with Crippen molar-refractivity contribution in [2.45, 2.75) is 70.7 Å². The fraction of sp³-hybridized carbons (Fsp3) is 0.867. The van der Waals surface area contributed by atoms with Crippen LogP contribution in [0.5, 0.6) is 0 Å². The summed E-state index contributed by atoms with van der Waals surface area (Å²) in [5, 5.41) is 9.86. The first-order valence-corrected chi connectivity index (χ1v) is 6.90. The molecule has 0 aromatic rings. The van der Waals surface area contributed by atoms with Crippen molar-refractivity contribution in [1.82, 2.24) is 0 Å². The van der Waals surface area contributed by atoms with E-state index in [4.69, 9.17) is 4.74 Å². The third kappa shape index (κ3) is 3.32. The molecule has 4 atom stereocenters. The van der Waals surface area contributed by atoms with Crippen molar-refractivity contribution in [2.75, 3.05) is 0 Å². The molecule has 2 rings (SSSR count). The van der Waals surface area contributed by atoms with E-state index in [9.17, 15) is 5.11 Å². The Morgan fingerprint density at radius 1 is 1.41 bits per heavy atom. The minimum atomic E-state index is -0.572. The van der Waals surface area contributed by atoms with E-state index >= 15 is 0 Å². The van der Waals surface area contributed by atoms with Crippen LogP contribution in [0, 0.1) is 11.8 Å². The van der Waals surface area contributed by atoms with Crippen molar-refractivity contribution >= 4 is 0 Å². The predicted octanol–water partition coefficient (Wildman–Crippen LogP) is 3.30. The highest BCUT2D eigenvalue weighted by molar-refractivity contribution is 5.06. The molecule has 1 aliphatic carbocycles. The maximum atomic E-state index is 9.86. The Balaban J connectivity index is 1.76. The number of rotatable bonds is 4. The zero-order valence-electron chi connectivity index (χ0n) is 11.6. The summed E-state index contributed by atoms with van der Waals surface area (Å²) in [6.07, 6.45) is 9.08. The average Bonchev–Trinajstić information content (AvgIpc) is 2.83. The summed E-state index contributed by atoms with van der Waals surface area (Å²) in [6, 6.07) is 0. The standard InChI is InChI=1S/C15H26O2/c1-11(5-6-13-14(2,3)17-13)12-7-9-15(4,16)10-8-12/h7,9,11-13,16H,5-6,8,10H2,1-4H3/t11-,12+,13-,15+/m0/s1. The van der Waals surface area contributed by atoms with Crippen LogP contribution in [-0.2, 0) is 4.74 Å². The zero-order valence-corrected chi connectivity index (χ0v) is 11.6. The number of hydrogen-bond acceptors (Lipinski definition) is 2. The highest BCUT2D eigenvalue weighted by atomic mass is 16.6. The number of ether oxygens (including phenoxy) is 1. The van der Waals surface area contributed by atoms with Gasteiger partial charge in [-0.1, -0.05) is 19.1 Å². The van der Waals surface area contributed by atoms with Crippen LogP contribution in [0.1, 0.15) is 53.4 Å². The zero-order chi connectivity index (χ0) is 12.7. The predicted molar refractivity (Wildman–Crippen MR) is 69.8 cm³/mol. The summed E-state index contributed by atoms with van der Waals surface area (Å²) < 4.78 is 5.62. The SMILES string of the molecule is C[C@@H](CC[C@@H]1OC1(C)C)[C@@H]1C=C[C@@](C)(O)CC1. The van der Waals surface area contributed by atoms with Gasteiger partial charge in [0.15, 0.2) is 0 Å². The normalized spacial score (nSPS) is 41.2. The van der Waals surface area contributed by atoms with Crippen LogP contribution in [0.2, 0.25) is 0 Å². The lowest BCUT2D eigenvalue weighted by Crippen LogP contribution is -2.27. The summed E-state index contributed by atoms with van der Waals surface area (Å²) in [4.78, 5) is 0. The number of allylic oxidation sites excluding steroid dienone is 1. The van der Waals surface area contributed by atoms with E-state index in [0.29, 0.717) is 17.9 Å². The van der Waals surface area contributed by atoms with Gasteiger partial charge in [-0.25, -0.2) is 0 Å². The molecule has 0 aromatic carbocycles. The van der Waals surface area contributed by atoms with Crippen LogP contribution in [0.4, 0.5) is 0 Å². The second-order valence-corrected chi connectivity index (χ2v) is 6.68. The molecule has 0 spiro atoms. The Morgan fingerprint density at radius 3 is 2.53 bits per heavy atom. The van der Waals surface area contributed by atoms with Gasteiger partial charge in [0.05, 0.1) is 17.3 Å². The van der Waals surface area contributed by atoms with Crippen molar-refractivity contribution in [2.24, 2.45) is 11.8 Å². The number of hydrogen-bond donors (Lipinski definition) is 1. The molecule has 1 N–H and O–H groups in total. The van der Waals surface area contributed by atoms with Gasteiger partial charge in [-0.05, 0) is 58.3 Å². The summed E-state index contributed by atoms with van der Waals surface area (Å²) in [7, 11) is 0. The van der Waals surface area contributed by atoms with Crippen LogP contribution in [0.15, 0.2) is 12.2 Å². The number of epoxide rings is 1. The van der Waals surface area contributed by atoms with E-state index in [0.717, 1.165) is 12.8 Å². The summed E-state index contributed by atoms with van der Waals surface area (Å²) >= 11 is 0. The van der Waals surface area contributed by atoms with Crippen molar-refractivity contribution < 1.29 is 9.84 Å². The topological polar surface area (TPSA) is 32.8 Å². The van der Waals surface area contributed by atoms with Gasteiger partial charge in [-0.2, -0.15) is 0 Å². The summed E-state index contributed by atoms with van der Waals surface area (Å²) in [5.74, 6) is 1.33. The molecule has 1 aliphatic heterocycles. The molecule has 0 bridgehead atoms. The lowest BCUT2D eigenvalue weighted by molar-refractivity contribution is 0.0830. The van der Waals surface area contributed by atoms with Crippen molar-refractivity contribution in [3.05, 3.63) is 12.2 Å². The fourth-order valence-electron chi connectivity index (χ4n) is 2.81. The van der Waals surface area contributed by atoms with Crippen LogP contribution in [0.3, 0.4) is 0 Å². The minimum Gasteiger partial charge on any atom is -0.386 e. The Kier molecular flexibility index (Phi) is 3.39. The van der Waals surface area contributed by atoms with Crippen LogP contribution >= 0.6 is 0 Å². The third-order valence-corrected chi connectivity index (χ3v) is 4.47. The van der Waals surface area contributed by atoms with Crippen LogP contribution in [-0.4, -0.2) is 22.4 Å². The van der Waals surface area contributed by atoms with Crippen molar-refractivity contribution in [3.63, 3.8) is 0 Å². The molecule has 2 heteroatoms. The molecule has 2 aliphatic rings. The second kappa shape index (κ2) is 4.40. The van der Waals surface area contributed by atoms with E-state index in [1.54, 1.807) is 0 Å². The molecular weight excluding hydrogens is 212 g/mol. The van der Waals surface area contributed by atoms with E-state index in [1.165, 1.54) is 12.8 Å². The minimum absolute atomic E-state index is 0.131. The van der Waals surface area contributed by atoms with Gasteiger partial charge in [0, 0.05) is 0 Å². The molecule has 0 radical (unpaired) electrons. The fourth-order valence-corrected chi connectivity index (χ4v) is 2.81. The van der Waals surface area contributed by atoms with Gasteiger partial charge in [0.1, 0.15) is 0 Å². The average molecular weight is 238 g/mol. The third-order valence-electron chi connectivity index (χ3n) is 4.47. The first-order valence-electron chi connectivity index (χ1n) is 6.90. The van der Waals surface area contributed by atoms with Gasteiger partial charge >= 0.3 is 0 Å². The summed E-state index contributed by atoms with van der Waals surface area (Å²) in [5.41, 5.74) is -0.441. The smallest absolute Gasteiger partial charge is 0.0892 e. The van der Waals surface area contributed by atoms with E-state index in [1.807, 2.05) is 13.0 Å². The highest BCUT2D eigenvalue weighted by Crippen LogP contribution is 2.40. The molecule has 1 heterocycles. The Morgan fingerprint density at radius 2 is 2.06 bits per heavy atom. The van der Waals surface area contributed by atoms with Gasteiger partial charge in [-0.15, -0.1) is 0 Å². The van der Waals surface area contributed by atoms with Gasteiger partial charge in [0.2, 0.25) is 0 Å². The molecular formula is C15H26O2. The number of aliphatic hydroxyl groups is 1. The molecule has 0 amide bonds. The Hall–Kier alpha value is -0.340. The molecule has 0 unspecified atom stereocenters. The van der Waals surface area contributed by atoms with Crippen LogP contribution < -0.4 is 0 Å². The first-order chi connectivity index (χ1) is 7.80. The molecule has 1 fully saturated rings. The Bertz CT molecular complexity index is 304. The monoisotopic (exact) mass is 238 g/mol. The van der Waals surface area contributed by atoms with Gasteiger partial charge < -0.3 is 9.84 Å². The molecule has 17 heavy (non-hydrogen) atoms. The molecule has 0 aromatic heterocycles. The molecule has 1 saturated heterocycles. The first kappa shape index (κ1) is 13.1. The van der Waals surface area contributed by atoms with Crippen LogP contribution in [0.25, 0.3) is 0 Å². The summed E-state index contributed by atoms with van der Waals surface area (Å²) in [6.45, 7) is 8.55. The van der Waals surface area contributed by atoms with Crippen molar-refractivity contribution in [3.8, 4) is 0 Å². The van der Waals surface area contributed by atoms with E-state index in [2.05, 4.69) is 26.8 Å². The second-order valence-electron chi connectivity index (χ2n) is 6.68. The van der Waals surface area contributed by atoms with Crippen molar-refractivity contribution in [1.29, 1.82) is 0 Å². The quantitative estimate of drug-likeness (QED) is 0.602. The highest BCUT2D eigenvalue weighted by Gasteiger charge is 2.47. The maximum absolute atomic E-state index is 9.86. The maximum Gasteiger partial charge on any atom is 0.0892 e. The van der Waals surface area contributed by atoms with Gasteiger partial charge in [-0.3, -0.25) is 0 Å². The lowest BCUT2D eigenvalue weighted by atomic mass is 9.78. The molecule has 2 nitrogen and oxygen atoms in total. The molecule has 0 saturated carbocycles. The van der Waals surface area contributed by atoms with E-state index in [-0.39, 0.29) is 5.60 Å². The largest absolute Gasteiger partial charge is 0.386 e. The Labute approximate surface area is 105 Å². The molecule has 98 valence electrons. The lowest BCUT2D eigenvalue weighted by Gasteiger charge is -2.30. The van der Waals surface area contributed by atoms with Gasteiger partial charge in [0.25, 0.3) is 0 Å². The van der Waals surface area contributed by atoms with E-state index < -0.39 is 5.60 Å².